The predicted octanol–water partition coefficient (Wildman–Crippen LogP) is 3.31. The van der Waals surface area contributed by atoms with Crippen LogP contribution in [0.2, 0.25) is 0 Å². The van der Waals surface area contributed by atoms with Crippen LogP contribution in [0.25, 0.3) is 11.1 Å². The first-order valence-electron chi connectivity index (χ1n) is 9.36. The normalized spacial score (nSPS) is 18.0. The molecule has 3 aromatic rings. The number of hydrogen-bond acceptors (Lipinski definition) is 6. The summed E-state index contributed by atoms with van der Waals surface area (Å²) in [6.45, 7) is 8.18. The van der Waals surface area contributed by atoms with E-state index in [2.05, 4.69) is 4.98 Å². The Morgan fingerprint density at radius 2 is 1.64 bits per heavy atom. The summed E-state index contributed by atoms with van der Waals surface area (Å²) in [5, 5.41) is 0. The minimum Gasteiger partial charge on any atom is -0.497 e. The van der Waals surface area contributed by atoms with Crippen LogP contribution in [0.15, 0.2) is 40.8 Å². The smallest absolute Gasteiger partial charge is 0.495 e. The van der Waals surface area contributed by atoms with Gasteiger partial charge in [-0.3, -0.25) is 0 Å². The van der Waals surface area contributed by atoms with Crippen LogP contribution in [0.1, 0.15) is 38.8 Å². The second-order valence-corrected chi connectivity index (χ2v) is 8.15. The highest BCUT2D eigenvalue weighted by atomic mass is 16.7. The Bertz CT molecular complexity index is 995. The van der Waals surface area contributed by atoms with E-state index in [0.717, 1.165) is 27.9 Å². The molecule has 6 nitrogen and oxygen atoms in total. The number of ether oxygens (including phenoxy) is 1. The number of aromatic nitrogens is 1. The van der Waals surface area contributed by atoms with Crippen molar-refractivity contribution in [3.8, 4) is 5.75 Å². The van der Waals surface area contributed by atoms with Gasteiger partial charge in [0.15, 0.2) is 5.58 Å². The number of benzene rings is 2. The second-order valence-electron chi connectivity index (χ2n) is 8.15. The zero-order valence-corrected chi connectivity index (χ0v) is 16.9. The molecule has 1 aromatic heterocycles. The lowest BCUT2D eigenvalue weighted by Gasteiger charge is -2.32. The van der Waals surface area contributed by atoms with Crippen molar-refractivity contribution in [2.24, 2.45) is 0 Å². The third kappa shape index (κ3) is 3.14. The van der Waals surface area contributed by atoms with Crippen LogP contribution < -0.4 is 15.9 Å². The number of anilines is 1. The first kappa shape index (κ1) is 18.8. The molecule has 0 spiro atoms. The lowest BCUT2D eigenvalue weighted by Crippen LogP contribution is -2.41. The Labute approximate surface area is 165 Å². The third-order valence-electron chi connectivity index (χ3n) is 5.77. The highest BCUT2D eigenvalue weighted by molar-refractivity contribution is 6.63. The van der Waals surface area contributed by atoms with E-state index in [0.29, 0.717) is 12.0 Å². The number of methoxy groups -OCH3 is 1. The number of oxazole rings is 1. The van der Waals surface area contributed by atoms with Gasteiger partial charge in [-0.05, 0) is 68.9 Å². The van der Waals surface area contributed by atoms with E-state index in [-0.39, 0.29) is 6.01 Å². The molecule has 1 fully saturated rings. The minimum absolute atomic E-state index is 0.150. The fourth-order valence-corrected chi connectivity index (χ4v) is 3.41. The van der Waals surface area contributed by atoms with Gasteiger partial charge in [-0.2, -0.15) is 4.98 Å². The van der Waals surface area contributed by atoms with Crippen molar-refractivity contribution in [1.82, 2.24) is 4.98 Å². The highest BCUT2D eigenvalue weighted by Gasteiger charge is 2.52. The predicted molar refractivity (Wildman–Crippen MR) is 110 cm³/mol. The average Bonchev–Trinajstić information content (AvgIpc) is 3.11. The van der Waals surface area contributed by atoms with Crippen molar-refractivity contribution in [3.05, 3.63) is 47.5 Å². The molecule has 28 heavy (non-hydrogen) atoms. The topological polar surface area (TPSA) is 79.7 Å². The van der Waals surface area contributed by atoms with E-state index in [1.165, 1.54) is 0 Å². The summed E-state index contributed by atoms with van der Waals surface area (Å²) < 4.78 is 23.4. The summed E-state index contributed by atoms with van der Waals surface area (Å²) in [4.78, 5) is 4.42. The number of hydrogen-bond donors (Lipinski definition) is 1. The van der Waals surface area contributed by atoms with Gasteiger partial charge in [-0.1, -0.05) is 18.2 Å². The summed E-state index contributed by atoms with van der Waals surface area (Å²) in [6.07, 6.45) is 0.646. The van der Waals surface area contributed by atoms with E-state index >= 15 is 0 Å². The minimum atomic E-state index is -0.486. The molecule has 1 aliphatic heterocycles. The van der Waals surface area contributed by atoms with E-state index in [1.54, 1.807) is 7.11 Å². The van der Waals surface area contributed by atoms with Crippen LogP contribution in [0.5, 0.6) is 5.75 Å². The number of nitrogens with zero attached hydrogens (tertiary/aromatic N) is 1. The lowest BCUT2D eigenvalue weighted by atomic mass is 9.74. The summed E-state index contributed by atoms with van der Waals surface area (Å²) in [6, 6.07) is 12.0. The standard InChI is InChI=1S/C21H25BN2O4/c1-20(2)21(3,4)28-22(27-20)16-10-11-17-18(24-19(23)26-17)15(16)12-13-6-8-14(25-5)9-7-13/h6-11H,12H2,1-5H3,(H2,23,24). The molecule has 2 N–H and O–H groups in total. The number of nitrogen functional groups attached to an aromatic ring is 1. The quantitative estimate of drug-likeness (QED) is 0.700. The first-order valence-corrected chi connectivity index (χ1v) is 9.36. The van der Waals surface area contributed by atoms with Crippen LogP contribution in [-0.2, 0) is 15.7 Å². The Morgan fingerprint density at radius 3 is 2.25 bits per heavy atom. The third-order valence-corrected chi connectivity index (χ3v) is 5.77. The van der Waals surface area contributed by atoms with Gasteiger partial charge in [0.2, 0.25) is 0 Å². The summed E-state index contributed by atoms with van der Waals surface area (Å²) >= 11 is 0. The van der Waals surface area contributed by atoms with Gasteiger partial charge >= 0.3 is 7.12 Å². The molecule has 4 rings (SSSR count). The van der Waals surface area contributed by atoms with E-state index in [4.69, 9.17) is 24.2 Å². The van der Waals surface area contributed by atoms with E-state index < -0.39 is 18.3 Å². The molecule has 0 saturated carbocycles. The van der Waals surface area contributed by atoms with Gasteiger partial charge in [0.05, 0.1) is 18.3 Å². The zero-order valence-electron chi connectivity index (χ0n) is 16.9. The van der Waals surface area contributed by atoms with Crippen LogP contribution in [-0.4, -0.2) is 30.4 Å². The Hall–Kier alpha value is -2.51. The maximum absolute atomic E-state index is 6.29. The van der Waals surface area contributed by atoms with Crippen molar-refractivity contribution >= 4 is 29.7 Å². The molecule has 7 heteroatoms. The zero-order chi connectivity index (χ0) is 20.1. The van der Waals surface area contributed by atoms with E-state index in [1.807, 2.05) is 64.1 Å². The molecule has 2 heterocycles. The van der Waals surface area contributed by atoms with Crippen molar-refractivity contribution in [2.45, 2.75) is 45.3 Å². The Balaban J connectivity index is 1.79. The highest BCUT2D eigenvalue weighted by Crippen LogP contribution is 2.37. The number of fused-ring (bicyclic) bond motifs is 1. The lowest BCUT2D eigenvalue weighted by molar-refractivity contribution is 0.00578. The molecular weight excluding hydrogens is 355 g/mol. The van der Waals surface area contributed by atoms with Crippen LogP contribution in [0.4, 0.5) is 6.01 Å². The first-order chi connectivity index (χ1) is 13.2. The van der Waals surface area contributed by atoms with Crippen molar-refractivity contribution in [2.75, 3.05) is 12.8 Å². The van der Waals surface area contributed by atoms with Crippen LogP contribution in [0.3, 0.4) is 0 Å². The van der Waals surface area contributed by atoms with Gasteiger partial charge in [-0.15, -0.1) is 0 Å². The molecule has 1 aliphatic rings. The van der Waals surface area contributed by atoms with Crippen LogP contribution >= 0.6 is 0 Å². The Morgan fingerprint density at radius 1 is 1.00 bits per heavy atom. The van der Waals surface area contributed by atoms with Gasteiger partial charge in [-0.25, -0.2) is 0 Å². The number of rotatable bonds is 4. The molecule has 2 aromatic carbocycles. The molecule has 0 bridgehead atoms. The molecule has 0 aliphatic carbocycles. The fourth-order valence-electron chi connectivity index (χ4n) is 3.41. The monoisotopic (exact) mass is 380 g/mol. The SMILES string of the molecule is COc1ccc(Cc2c(B3OC(C)(C)C(C)(C)O3)ccc3oc(N)nc23)cc1. The molecule has 146 valence electrons. The largest absolute Gasteiger partial charge is 0.497 e. The molecule has 0 atom stereocenters. The summed E-state index contributed by atoms with van der Waals surface area (Å²) in [7, 11) is 1.17. The molecule has 0 unspecified atom stereocenters. The molecule has 0 amide bonds. The summed E-state index contributed by atoms with van der Waals surface area (Å²) in [5.74, 6) is 0.818. The van der Waals surface area contributed by atoms with Crippen molar-refractivity contribution < 1.29 is 18.5 Å². The number of nitrogens with two attached hydrogens (primary N) is 1. The van der Waals surface area contributed by atoms with Gasteiger partial charge < -0.3 is 24.2 Å². The van der Waals surface area contributed by atoms with E-state index in [9.17, 15) is 0 Å². The second kappa shape index (κ2) is 6.53. The molecular formula is C21H25BN2O4. The van der Waals surface area contributed by atoms with Crippen molar-refractivity contribution in [1.29, 1.82) is 0 Å². The Kier molecular flexibility index (Phi) is 4.40. The van der Waals surface area contributed by atoms with Gasteiger partial charge in [0.1, 0.15) is 11.3 Å². The maximum Gasteiger partial charge on any atom is 0.495 e. The summed E-state index contributed by atoms with van der Waals surface area (Å²) in [5.41, 5.74) is 9.41. The average molecular weight is 380 g/mol. The molecule has 1 saturated heterocycles. The fraction of sp³-hybridized carbons (Fsp3) is 0.381. The van der Waals surface area contributed by atoms with Gasteiger partial charge in [0, 0.05) is 0 Å². The molecule has 0 radical (unpaired) electrons. The maximum atomic E-state index is 6.29. The van der Waals surface area contributed by atoms with Gasteiger partial charge in [0.25, 0.3) is 6.01 Å². The van der Waals surface area contributed by atoms with Crippen LogP contribution in [0, 0.1) is 0 Å². The van der Waals surface area contributed by atoms with Crippen molar-refractivity contribution in [3.63, 3.8) is 0 Å².